The van der Waals surface area contributed by atoms with E-state index in [4.69, 9.17) is 0 Å². The van der Waals surface area contributed by atoms with Gasteiger partial charge in [-0.15, -0.1) is 5.10 Å². The van der Waals surface area contributed by atoms with Crippen LogP contribution in [0.2, 0.25) is 0 Å². The molecule has 0 unspecified atom stereocenters. The lowest BCUT2D eigenvalue weighted by atomic mass is 10.2. The summed E-state index contributed by atoms with van der Waals surface area (Å²) in [6.45, 7) is 5.22. The highest BCUT2D eigenvalue weighted by atomic mass is 79.9. The first-order valence-corrected chi connectivity index (χ1v) is 8.04. The summed E-state index contributed by atoms with van der Waals surface area (Å²) >= 11 is 3.26. The number of nitrogens with zero attached hydrogens (tertiary/aromatic N) is 3. The summed E-state index contributed by atoms with van der Waals surface area (Å²) in [6.07, 6.45) is 0. The average Bonchev–Trinajstić information content (AvgIpc) is 2.36. The average molecular weight is 357 g/mol. The molecule has 106 valence electrons. The number of benzene rings is 1. The van der Waals surface area contributed by atoms with E-state index in [-0.39, 0.29) is 10.8 Å². The van der Waals surface area contributed by atoms with Crippen LogP contribution in [0.5, 0.6) is 0 Å². The minimum Gasteiger partial charge on any atom is -0.246 e. The first-order valence-electron chi connectivity index (χ1n) is 5.76. The van der Waals surface area contributed by atoms with Gasteiger partial charge < -0.3 is 0 Å². The van der Waals surface area contributed by atoms with E-state index in [9.17, 15) is 8.42 Å². The monoisotopic (exact) mass is 356 g/mol. The van der Waals surface area contributed by atoms with E-state index in [2.05, 4.69) is 35.8 Å². The molecule has 0 aliphatic rings. The van der Waals surface area contributed by atoms with Crippen LogP contribution in [-0.2, 0) is 10.0 Å². The Hall–Kier alpha value is -1.54. The largest absolute Gasteiger partial charge is 0.264 e. The summed E-state index contributed by atoms with van der Waals surface area (Å²) in [5.41, 5.74) is 1.92. The van der Waals surface area contributed by atoms with Crippen molar-refractivity contribution in [2.45, 2.75) is 25.7 Å². The third-order valence-electron chi connectivity index (χ3n) is 2.76. The van der Waals surface area contributed by atoms with E-state index in [0.29, 0.717) is 21.4 Å². The van der Waals surface area contributed by atoms with Crippen molar-refractivity contribution in [2.75, 3.05) is 4.72 Å². The number of sulfonamides is 1. The smallest absolute Gasteiger partial charge is 0.246 e. The summed E-state index contributed by atoms with van der Waals surface area (Å²) < 4.78 is 27.7. The third-order valence-corrected chi connectivity index (χ3v) is 4.72. The number of rotatable bonds is 3. The van der Waals surface area contributed by atoms with Crippen LogP contribution in [0.25, 0.3) is 0 Å². The Balaban J connectivity index is 2.40. The SMILES string of the molecule is Cc1ccc(Br)cc1S(=O)(=O)Nc1nnc(C)c(C)n1. The van der Waals surface area contributed by atoms with Crippen molar-refractivity contribution < 1.29 is 8.42 Å². The highest BCUT2D eigenvalue weighted by Crippen LogP contribution is 2.22. The van der Waals surface area contributed by atoms with E-state index in [1.807, 2.05) is 0 Å². The Morgan fingerprint density at radius 2 is 1.80 bits per heavy atom. The van der Waals surface area contributed by atoms with Crippen LogP contribution in [0.4, 0.5) is 5.95 Å². The molecular formula is C12H13BrN4O2S. The molecule has 0 bridgehead atoms. The molecule has 0 aliphatic carbocycles. The lowest BCUT2D eigenvalue weighted by Crippen LogP contribution is -2.17. The van der Waals surface area contributed by atoms with Crippen LogP contribution in [0.15, 0.2) is 27.6 Å². The zero-order valence-electron chi connectivity index (χ0n) is 11.2. The highest BCUT2D eigenvalue weighted by molar-refractivity contribution is 9.10. The van der Waals surface area contributed by atoms with E-state index in [1.165, 1.54) is 6.07 Å². The van der Waals surface area contributed by atoms with Gasteiger partial charge in [0.25, 0.3) is 16.0 Å². The molecule has 6 nitrogen and oxygen atoms in total. The van der Waals surface area contributed by atoms with Gasteiger partial charge in [0, 0.05) is 4.47 Å². The van der Waals surface area contributed by atoms with Crippen molar-refractivity contribution in [3.05, 3.63) is 39.6 Å². The number of hydrogen-bond acceptors (Lipinski definition) is 5. The number of nitrogens with one attached hydrogen (secondary N) is 1. The maximum Gasteiger partial charge on any atom is 0.264 e. The molecule has 0 amide bonds. The second kappa shape index (κ2) is 5.45. The van der Waals surface area contributed by atoms with Crippen molar-refractivity contribution in [2.24, 2.45) is 0 Å². The summed E-state index contributed by atoms with van der Waals surface area (Å²) in [5.74, 6) is -0.0347. The zero-order chi connectivity index (χ0) is 14.9. The molecule has 0 aliphatic heterocycles. The predicted octanol–water partition coefficient (Wildman–Crippen LogP) is 2.36. The molecule has 0 saturated carbocycles. The van der Waals surface area contributed by atoms with E-state index < -0.39 is 10.0 Å². The van der Waals surface area contributed by atoms with Gasteiger partial charge in [0.15, 0.2) is 0 Å². The minimum absolute atomic E-state index is 0.0347. The Labute approximate surface area is 125 Å². The van der Waals surface area contributed by atoms with Crippen molar-refractivity contribution in [3.63, 3.8) is 0 Å². The number of hydrogen-bond donors (Lipinski definition) is 1. The van der Waals surface area contributed by atoms with Crippen LogP contribution in [0, 0.1) is 20.8 Å². The van der Waals surface area contributed by atoms with Crippen LogP contribution >= 0.6 is 15.9 Å². The van der Waals surface area contributed by atoms with E-state index >= 15 is 0 Å². The first-order chi connectivity index (χ1) is 9.29. The highest BCUT2D eigenvalue weighted by Gasteiger charge is 2.19. The molecule has 2 rings (SSSR count). The van der Waals surface area contributed by atoms with Gasteiger partial charge in [-0.05, 0) is 38.5 Å². The Morgan fingerprint density at radius 3 is 2.45 bits per heavy atom. The molecular weight excluding hydrogens is 344 g/mol. The molecule has 0 radical (unpaired) electrons. The summed E-state index contributed by atoms with van der Waals surface area (Å²) in [7, 11) is -3.74. The van der Waals surface area contributed by atoms with Crippen molar-refractivity contribution in [1.29, 1.82) is 0 Å². The number of halogens is 1. The molecule has 8 heteroatoms. The molecule has 20 heavy (non-hydrogen) atoms. The third kappa shape index (κ3) is 3.13. The van der Waals surface area contributed by atoms with Gasteiger partial charge in [0.1, 0.15) is 0 Å². The normalized spacial score (nSPS) is 11.4. The van der Waals surface area contributed by atoms with Crippen LogP contribution in [0.1, 0.15) is 17.0 Å². The van der Waals surface area contributed by atoms with E-state index in [1.54, 1.807) is 32.9 Å². The molecule has 1 aromatic carbocycles. The summed E-state index contributed by atoms with van der Waals surface area (Å²) in [5, 5.41) is 7.59. The van der Waals surface area contributed by atoms with Gasteiger partial charge in [0.2, 0.25) is 0 Å². The van der Waals surface area contributed by atoms with Crippen LogP contribution in [-0.4, -0.2) is 23.6 Å². The summed E-state index contributed by atoms with van der Waals surface area (Å²) in [4.78, 5) is 4.23. The van der Waals surface area contributed by atoms with Gasteiger partial charge in [-0.1, -0.05) is 22.0 Å². The van der Waals surface area contributed by atoms with Gasteiger partial charge >= 0.3 is 0 Å². The standard InChI is InChI=1S/C12H13BrN4O2S/c1-7-4-5-10(13)6-11(7)20(18,19)17-12-14-8(2)9(3)15-16-12/h4-6H,1-3H3,(H,14,16,17). The Kier molecular flexibility index (Phi) is 4.05. The van der Waals surface area contributed by atoms with Crippen LogP contribution < -0.4 is 4.72 Å². The molecule has 0 fully saturated rings. The van der Waals surface area contributed by atoms with E-state index in [0.717, 1.165) is 0 Å². The minimum atomic E-state index is -3.74. The number of anilines is 1. The zero-order valence-corrected chi connectivity index (χ0v) is 13.6. The number of aryl methyl sites for hydroxylation is 3. The van der Waals surface area contributed by atoms with Crippen molar-refractivity contribution in [1.82, 2.24) is 15.2 Å². The molecule has 1 N–H and O–H groups in total. The lowest BCUT2D eigenvalue weighted by Gasteiger charge is -2.09. The van der Waals surface area contributed by atoms with Gasteiger partial charge in [-0.25, -0.2) is 18.1 Å². The van der Waals surface area contributed by atoms with Gasteiger partial charge in [-0.3, -0.25) is 0 Å². The molecule has 1 heterocycles. The first kappa shape index (κ1) is 14.9. The fourth-order valence-electron chi connectivity index (χ4n) is 1.54. The van der Waals surface area contributed by atoms with Crippen LogP contribution in [0.3, 0.4) is 0 Å². The fourth-order valence-corrected chi connectivity index (χ4v) is 3.26. The predicted molar refractivity (Wildman–Crippen MR) is 79.0 cm³/mol. The Bertz CT molecular complexity index is 762. The molecule has 2 aromatic rings. The second-order valence-electron chi connectivity index (χ2n) is 4.32. The second-order valence-corrected chi connectivity index (χ2v) is 6.89. The number of aromatic nitrogens is 3. The topological polar surface area (TPSA) is 84.8 Å². The maximum atomic E-state index is 12.3. The Morgan fingerprint density at radius 1 is 1.10 bits per heavy atom. The van der Waals surface area contributed by atoms with Crippen molar-refractivity contribution >= 4 is 31.9 Å². The molecule has 0 spiro atoms. The fraction of sp³-hybridized carbons (Fsp3) is 0.250. The summed E-state index contributed by atoms with van der Waals surface area (Å²) in [6, 6.07) is 5.03. The molecule has 0 atom stereocenters. The molecule has 0 saturated heterocycles. The quantitative estimate of drug-likeness (QED) is 0.912. The maximum absolute atomic E-state index is 12.3. The lowest BCUT2D eigenvalue weighted by molar-refractivity contribution is 0.600. The van der Waals surface area contributed by atoms with Crippen molar-refractivity contribution in [3.8, 4) is 0 Å². The van der Waals surface area contributed by atoms with Gasteiger partial charge in [0.05, 0.1) is 16.3 Å². The van der Waals surface area contributed by atoms with Gasteiger partial charge in [-0.2, -0.15) is 5.10 Å². The molecule has 1 aromatic heterocycles.